The first-order valence-corrected chi connectivity index (χ1v) is 13.8. The number of hydrogen-bond acceptors (Lipinski definition) is 0. The average Bonchev–Trinajstić information content (AvgIpc) is 3.01. The van der Waals surface area contributed by atoms with Crippen molar-refractivity contribution in [3.05, 3.63) is 71.1 Å². The summed E-state index contributed by atoms with van der Waals surface area (Å²) in [5.74, 6) is 1.55. The molecule has 1 aromatic rings. The van der Waals surface area contributed by atoms with Crippen LogP contribution in [0.3, 0.4) is 0 Å². The molecule has 0 radical (unpaired) electrons. The molecule has 0 nitrogen and oxygen atoms in total. The molecule has 1 heteroatoms. The highest BCUT2D eigenvalue weighted by atomic mass is 19.1. The standard InChI is InChI=1S/C32H47F/c1-5-13-26-21-30(28-15-9-8-10-16-28)24-32(23-26,19-6-2)20-12-14-25(4)29-18-11-17-27(7-3)31(33)22-29/h8-10,15-16,22,26,30H,4-7,11-14,17-21,23-24H2,1-3H3. The summed E-state index contributed by atoms with van der Waals surface area (Å²) < 4.78 is 14.6. The van der Waals surface area contributed by atoms with E-state index >= 15 is 0 Å². The van der Waals surface area contributed by atoms with E-state index in [4.69, 9.17) is 0 Å². The van der Waals surface area contributed by atoms with Crippen LogP contribution in [0.4, 0.5) is 4.39 Å². The molecule has 0 spiro atoms. The lowest BCUT2D eigenvalue weighted by atomic mass is 9.59. The molecule has 1 fully saturated rings. The Bertz CT molecular complexity index is 814. The molecule has 3 unspecified atom stereocenters. The lowest BCUT2D eigenvalue weighted by Gasteiger charge is -2.45. The summed E-state index contributed by atoms with van der Waals surface area (Å²) in [6.45, 7) is 11.2. The van der Waals surface area contributed by atoms with Gasteiger partial charge in [-0.15, -0.1) is 0 Å². The summed E-state index contributed by atoms with van der Waals surface area (Å²) in [6.07, 6.45) is 18.4. The molecule has 2 aliphatic rings. The summed E-state index contributed by atoms with van der Waals surface area (Å²) in [5, 5.41) is 0. The van der Waals surface area contributed by atoms with Crippen molar-refractivity contribution in [1.29, 1.82) is 0 Å². The van der Waals surface area contributed by atoms with Crippen molar-refractivity contribution >= 4 is 0 Å². The van der Waals surface area contributed by atoms with Crippen LogP contribution < -0.4 is 0 Å². The lowest BCUT2D eigenvalue weighted by Crippen LogP contribution is -2.33. The molecule has 0 amide bonds. The van der Waals surface area contributed by atoms with E-state index < -0.39 is 0 Å². The third kappa shape index (κ3) is 7.17. The van der Waals surface area contributed by atoms with Crippen LogP contribution in [0.2, 0.25) is 0 Å². The summed E-state index contributed by atoms with van der Waals surface area (Å²) in [6, 6.07) is 11.3. The largest absolute Gasteiger partial charge is 0.207 e. The molecular weight excluding hydrogens is 403 g/mol. The van der Waals surface area contributed by atoms with Gasteiger partial charge in [0.25, 0.3) is 0 Å². The summed E-state index contributed by atoms with van der Waals surface area (Å²) in [5.41, 5.74) is 5.31. The molecule has 1 saturated carbocycles. The molecule has 33 heavy (non-hydrogen) atoms. The second-order valence-electron chi connectivity index (χ2n) is 10.9. The van der Waals surface area contributed by atoms with Gasteiger partial charge in [-0.1, -0.05) is 82.5 Å². The van der Waals surface area contributed by atoms with E-state index in [1.54, 1.807) is 11.6 Å². The first kappa shape index (κ1) is 26.0. The third-order valence-electron chi connectivity index (χ3n) is 8.40. The topological polar surface area (TPSA) is 0 Å². The third-order valence-corrected chi connectivity index (χ3v) is 8.40. The predicted octanol–water partition coefficient (Wildman–Crippen LogP) is 10.6. The maximum Gasteiger partial charge on any atom is 0.122 e. The zero-order chi connectivity index (χ0) is 23.7. The number of allylic oxidation sites excluding steroid dienone is 5. The number of halogens is 1. The Kier molecular flexibility index (Phi) is 10.0. The summed E-state index contributed by atoms with van der Waals surface area (Å²) in [7, 11) is 0. The highest BCUT2D eigenvalue weighted by Gasteiger charge is 2.39. The van der Waals surface area contributed by atoms with E-state index in [0.717, 1.165) is 49.2 Å². The first-order chi connectivity index (χ1) is 16.0. The van der Waals surface area contributed by atoms with Crippen LogP contribution in [0.25, 0.3) is 0 Å². The molecule has 0 aliphatic heterocycles. The van der Waals surface area contributed by atoms with Gasteiger partial charge in [0.05, 0.1) is 0 Å². The molecule has 1 aromatic carbocycles. The monoisotopic (exact) mass is 450 g/mol. The molecular formula is C32H47F. The Balaban J connectivity index is 1.69. The molecule has 0 bridgehead atoms. The molecule has 0 aromatic heterocycles. The Morgan fingerprint density at radius 3 is 2.52 bits per heavy atom. The Hall–Kier alpha value is -1.63. The minimum absolute atomic E-state index is 0.00833. The quantitative estimate of drug-likeness (QED) is 0.314. The van der Waals surface area contributed by atoms with Gasteiger partial charge in [-0.05, 0) is 111 Å². The minimum atomic E-state index is 0.00833. The molecule has 182 valence electrons. The molecule has 0 heterocycles. The van der Waals surface area contributed by atoms with Crippen molar-refractivity contribution in [2.45, 2.75) is 117 Å². The highest BCUT2D eigenvalue weighted by Crippen LogP contribution is 2.53. The van der Waals surface area contributed by atoms with Crippen LogP contribution in [0.5, 0.6) is 0 Å². The van der Waals surface area contributed by atoms with Crippen LogP contribution in [0.1, 0.15) is 122 Å². The summed E-state index contributed by atoms with van der Waals surface area (Å²) >= 11 is 0. The van der Waals surface area contributed by atoms with E-state index in [1.807, 2.05) is 0 Å². The van der Waals surface area contributed by atoms with Crippen molar-refractivity contribution in [2.75, 3.05) is 0 Å². The van der Waals surface area contributed by atoms with Gasteiger partial charge in [-0.3, -0.25) is 0 Å². The van der Waals surface area contributed by atoms with Crippen LogP contribution in [-0.4, -0.2) is 0 Å². The maximum atomic E-state index is 14.6. The SMILES string of the molecule is C=C(CCCC1(CCC)CC(CCC)CC(c2ccccc2)C1)C1=CC(F)=C(CC)CCC1. The second-order valence-corrected chi connectivity index (χ2v) is 10.9. The van der Waals surface area contributed by atoms with E-state index in [-0.39, 0.29) is 5.83 Å². The average molecular weight is 451 g/mol. The molecule has 3 rings (SSSR count). The van der Waals surface area contributed by atoms with Crippen molar-refractivity contribution in [3.63, 3.8) is 0 Å². The zero-order valence-electron chi connectivity index (χ0n) is 21.6. The number of rotatable bonds is 11. The van der Waals surface area contributed by atoms with Crippen molar-refractivity contribution in [1.82, 2.24) is 0 Å². The van der Waals surface area contributed by atoms with E-state index in [0.29, 0.717) is 11.3 Å². The van der Waals surface area contributed by atoms with Gasteiger partial charge >= 0.3 is 0 Å². The van der Waals surface area contributed by atoms with Gasteiger partial charge in [-0.25, -0.2) is 4.39 Å². The smallest absolute Gasteiger partial charge is 0.122 e. The second kappa shape index (κ2) is 12.7. The van der Waals surface area contributed by atoms with Crippen LogP contribution >= 0.6 is 0 Å². The van der Waals surface area contributed by atoms with Gasteiger partial charge in [-0.2, -0.15) is 0 Å². The first-order valence-electron chi connectivity index (χ1n) is 13.8. The van der Waals surface area contributed by atoms with Gasteiger partial charge in [0.1, 0.15) is 5.83 Å². The zero-order valence-corrected chi connectivity index (χ0v) is 21.6. The lowest BCUT2D eigenvalue weighted by molar-refractivity contribution is 0.0891. The highest BCUT2D eigenvalue weighted by molar-refractivity contribution is 5.37. The number of benzene rings is 1. The van der Waals surface area contributed by atoms with E-state index in [2.05, 4.69) is 57.7 Å². The van der Waals surface area contributed by atoms with Crippen LogP contribution in [0, 0.1) is 11.3 Å². The molecule has 0 saturated heterocycles. The van der Waals surface area contributed by atoms with Gasteiger partial charge in [0, 0.05) is 0 Å². The predicted molar refractivity (Wildman–Crippen MR) is 142 cm³/mol. The van der Waals surface area contributed by atoms with Crippen LogP contribution in [-0.2, 0) is 0 Å². The van der Waals surface area contributed by atoms with Gasteiger partial charge in [0.2, 0.25) is 0 Å². The van der Waals surface area contributed by atoms with E-state index in [9.17, 15) is 4.39 Å². The fourth-order valence-electron chi connectivity index (χ4n) is 6.86. The van der Waals surface area contributed by atoms with Gasteiger partial charge < -0.3 is 0 Å². The van der Waals surface area contributed by atoms with Crippen molar-refractivity contribution in [3.8, 4) is 0 Å². The van der Waals surface area contributed by atoms with Crippen molar-refractivity contribution in [2.24, 2.45) is 11.3 Å². The fraction of sp³-hybridized carbons (Fsp3) is 0.625. The summed E-state index contributed by atoms with van der Waals surface area (Å²) in [4.78, 5) is 0. The number of hydrogen-bond donors (Lipinski definition) is 0. The Labute approximate surface area is 203 Å². The van der Waals surface area contributed by atoms with Crippen LogP contribution in [0.15, 0.2) is 65.5 Å². The Morgan fingerprint density at radius 2 is 1.82 bits per heavy atom. The maximum absolute atomic E-state index is 14.6. The normalized spacial score (nSPS) is 26.1. The van der Waals surface area contributed by atoms with Crippen molar-refractivity contribution < 1.29 is 4.39 Å². The fourth-order valence-corrected chi connectivity index (χ4v) is 6.86. The molecule has 0 N–H and O–H groups in total. The minimum Gasteiger partial charge on any atom is -0.207 e. The van der Waals surface area contributed by atoms with E-state index in [1.165, 1.54) is 63.4 Å². The molecule has 3 atom stereocenters. The Morgan fingerprint density at radius 1 is 1.03 bits per heavy atom. The van der Waals surface area contributed by atoms with Gasteiger partial charge in [0.15, 0.2) is 0 Å². The molecule has 2 aliphatic carbocycles.